The van der Waals surface area contributed by atoms with Gasteiger partial charge in [0.15, 0.2) is 0 Å². The number of hydrogen-bond acceptors (Lipinski definition) is 6. The van der Waals surface area contributed by atoms with Crippen molar-refractivity contribution >= 4 is 17.5 Å². The molecule has 0 fully saturated rings. The number of oxime groups is 1. The summed E-state index contributed by atoms with van der Waals surface area (Å²) >= 11 is 0. The van der Waals surface area contributed by atoms with Crippen LogP contribution in [-0.2, 0) is 16.2 Å². The average Bonchev–Trinajstić information content (AvgIpc) is 3.06. The number of benzene rings is 2. The molecule has 1 aliphatic carbocycles. The molecule has 0 aliphatic heterocycles. The van der Waals surface area contributed by atoms with E-state index in [1.54, 1.807) is 28.9 Å². The number of fused-ring (bicyclic) bond motifs is 2. The first kappa shape index (κ1) is 15.9. The second kappa shape index (κ2) is 6.36. The number of rotatable bonds is 3. The number of carbonyl (C=O) groups is 2. The highest BCUT2D eigenvalue weighted by atomic mass is 16.7. The highest BCUT2D eigenvalue weighted by Crippen LogP contribution is 2.27. The van der Waals surface area contributed by atoms with E-state index in [2.05, 4.69) is 15.5 Å². The molecule has 1 aliphatic rings. The van der Waals surface area contributed by atoms with E-state index < -0.39 is 5.97 Å². The van der Waals surface area contributed by atoms with Crippen molar-refractivity contribution in [1.82, 2.24) is 15.0 Å². The summed E-state index contributed by atoms with van der Waals surface area (Å²) in [6, 6.07) is 16.7. The van der Waals surface area contributed by atoms with Crippen LogP contribution in [0, 0.1) is 0 Å². The van der Waals surface area contributed by atoms with Crippen LogP contribution < -0.4 is 0 Å². The molecule has 0 saturated heterocycles. The Morgan fingerprint density at radius 3 is 2.50 bits per heavy atom. The third kappa shape index (κ3) is 2.69. The van der Waals surface area contributed by atoms with E-state index in [4.69, 9.17) is 4.84 Å². The number of hydrogen-bond donors (Lipinski definition) is 0. The molecule has 0 N–H and O–H groups in total. The molecule has 4 rings (SSSR count). The molecule has 128 valence electrons. The summed E-state index contributed by atoms with van der Waals surface area (Å²) in [6.45, 7) is 1.66. The predicted molar refractivity (Wildman–Crippen MR) is 92.8 cm³/mol. The van der Waals surface area contributed by atoms with Crippen LogP contribution in [0.1, 0.15) is 39.8 Å². The van der Waals surface area contributed by atoms with Gasteiger partial charge >= 0.3 is 5.97 Å². The van der Waals surface area contributed by atoms with Gasteiger partial charge in [0.2, 0.25) is 5.78 Å². The molecule has 0 atom stereocenters. The summed E-state index contributed by atoms with van der Waals surface area (Å²) in [4.78, 5) is 29.0. The van der Waals surface area contributed by atoms with Crippen LogP contribution in [-0.4, -0.2) is 32.5 Å². The van der Waals surface area contributed by atoms with Crippen LogP contribution in [0.5, 0.6) is 0 Å². The number of nitrogens with zero attached hydrogens (tertiary/aromatic N) is 4. The zero-order valence-corrected chi connectivity index (χ0v) is 13.9. The van der Waals surface area contributed by atoms with Gasteiger partial charge in [0.1, 0.15) is 17.1 Å². The van der Waals surface area contributed by atoms with Crippen molar-refractivity contribution in [2.45, 2.75) is 13.5 Å². The van der Waals surface area contributed by atoms with Crippen molar-refractivity contribution in [3.05, 3.63) is 82.7 Å². The fourth-order valence-corrected chi connectivity index (χ4v) is 2.91. The topological polar surface area (TPSA) is 86.4 Å². The van der Waals surface area contributed by atoms with E-state index in [1.165, 1.54) is 6.92 Å². The van der Waals surface area contributed by atoms with Crippen molar-refractivity contribution in [3.63, 3.8) is 0 Å². The minimum Gasteiger partial charge on any atom is -0.318 e. The van der Waals surface area contributed by atoms with Crippen LogP contribution in [0.4, 0.5) is 0 Å². The Hall–Kier alpha value is -3.61. The van der Waals surface area contributed by atoms with Gasteiger partial charge in [-0.1, -0.05) is 65.0 Å². The minimum absolute atomic E-state index is 0.182. The van der Waals surface area contributed by atoms with Crippen LogP contribution >= 0.6 is 0 Å². The Labute approximate surface area is 148 Å². The van der Waals surface area contributed by atoms with Gasteiger partial charge in [0, 0.05) is 18.1 Å². The SMILES string of the molecule is CC(=O)O/N=C1/c2ccccc2C(=O)c2c1nnn2Cc1ccccc1. The van der Waals surface area contributed by atoms with Gasteiger partial charge in [-0.2, -0.15) is 0 Å². The summed E-state index contributed by atoms with van der Waals surface area (Å²) in [7, 11) is 0. The van der Waals surface area contributed by atoms with Crippen molar-refractivity contribution < 1.29 is 14.4 Å². The van der Waals surface area contributed by atoms with Gasteiger partial charge in [-0.05, 0) is 5.56 Å². The molecule has 3 aromatic rings. The summed E-state index contributed by atoms with van der Waals surface area (Å²) in [6.07, 6.45) is 0. The summed E-state index contributed by atoms with van der Waals surface area (Å²) in [5, 5.41) is 12.2. The average molecular weight is 346 g/mol. The Morgan fingerprint density at radius 1 is 1.08 bits per heavy atom. The number of ketones is 1. The molecule has 1 aromatic heterocycles. The number of carbonyl (C=O) groups excluding carboxylic acids is 2. The number of aromatic nitrogens is 3. The summed E-state index contributed by atoms with van der Waals surface area (Å²) < 4.78 is 1.55. The van der Waals surface area contributed by atoms with Crippen LogP contribution in [0.15, 0.2) is 59.8 Å². The van der Waals surface area contributed by atoms with Crippen molar-refractivity contribution in [2.24, 2.45) is 5.16 Å². The maximum Gasteiger partial charge on any atom is 0.332 e. The van der Waals surface area contributed by atoms with E-state index in [0.29, 0.717) is 34.8 Å². The fraction of sp³-hybridized carbons (Fsp3) is 0.105. The van der Waals surface area contributed by atoms with Crippen molar-refractivity contribution in [2.75, 3.05) is 0 Å². The Morgan fingerprint density at radius 2 is 1.77 bits per heavy atom. The Kier molecular flexibility index (Phi) is 3.89. The third-order valence-corrected chi connectivity index (χ3v) is 4.04. The highest BCUT2D eigenvalue weighted by molar-refractivity contribution is 6.28. The summed E-state index contributed by atoms with van der Waals surface area (Å²) in [5.41, 5.74) is 3.00. The molecule has 0 spiro atoms. The first-order valence-corrected chi connectivity index (χ1v) is 8.02. The second-order valence-corrected chi connectivity index (χ2v) is 5.83. The normalized spacial score (nSPS) is 14.0. The lowest BCUT2D eigenvalue weighted by Crippen LogP contribution is -2.24. The van der Waals surface area contributed by atoms with Gasteiger partial charge in [0.25, 0.3) is 0 Å². The molecule has 7 heteroatoms. The maximum absolute atomic E-state index is 13.0. The zero-order chi connectivity index (χ0) is 18.1. The molecule has 7 nitrogen and oxygen atoms in total. The van der Waals surface area contributed by atoms with Gasteiger partial charge in [0.05, 0.1) is 6.54 Å². The highest BCUT2D eigenvalue weighted by Gasteiger charge is 2.34. The largest absolute Gasteiger partial charge is 0.332 e. The van der Waals surface area contributed by atoms with Crippen LogP contribution in [0.3, 0.4) is 0 Å². The van der Waals surface area contributed by atoms with E-state index in [-0.39, 0.29) is 5.78 Å². The van der Waals surface area contributed by atoms with Gasteiger partial charge in [-0.3, -0.25) is 4.79 Å². The lowest BCUT2D eigenvalue weighted by Gasteiger charge is -2.16. The van der Waals surface area contributed by atoms with Gasteiger partial charge in [-0.15, -0.1) is 5.10 Å². The third-order valence-electron chi connectivity index (χ3n) is 4.04. The van der Waals surface area contributed by atoms with E-state index in [0.717, 1.165) is 5.56 Å². The molecule has 0 radical (unpaired) electrons. The molecule has 2 aromatic carbocycles. The molecule has 0 unspecified atom stereocenters. The van der Waals surface area contributed by atoms with E-state index >= 15 is 0 Å². The zero-order valence-electron chi connectivity index (χ0n) is 13.9. The lowest BCUT2D eigenvalue weighted by atomic mass is 9.89. The fourth-order valence-electron chi connectivity index (χ4n) is 2.91. The van der Waals surface area contributed by atoms with Gasteiger partial charge in [-0.25, -0.2) is 9.48 Å². The quantitative estimate of drug-likeness (QED) is 0.419. The monoisotopic (exact) mass is 346 g/mol. The first-order valence-electron chi connectivity index (χ1n) is 8.02. The van der Waals surface area contributed by atoms with E-state index in [1.807, 2.05) is 30.3 Å². The molecule has 1 heterocycles. The Balaban J connectivity index is 1.84. The molecule has 0 amide bonds. The smallest absolute Gasteiger partial charge is 0.318 e. The van der Waals surface area contributed by atoms with Crippen molar-refractivity contribution in [1.29, 1.82) is 0 Å². The first-order chi connectivity index (χ1) is 12.6. The predicted octanol–water partition coefficient (Wildman–Crippen LogP) is 2.19. The van der Waals surface area contributed by atoms with Gasteiger partial charge < -0.3 is 4.84 Å². The molecule has 26 heavy (non-hydrogen) atoms. The molecular weight excluding hydrogens is 332 g/mol. The van der Waals surface area contributed by atoms with Crippen LogP contribution in [0.25, 0.3) is 0 Å². The molecule has 0 saturated carbocycles. The minimum atomic E-state index is -0.551. The summed E-state index contributed by atoms with van der Waals surface area (Å²) in [5.74, 6) is -0.733. The lowest BCUT2D eigenvalue weighted by molar-refractivity contribution is -0.140. The van der Waals surface area contributed by atoms with Crippen molar-refractivity contribution in [3.8, 4) is 0 Å². The standard InChI is InChI=1S/C19H14N4O3/c1-12(24)26-21-16-14-9-5-6-10-15(14)19(25)18-17(16)20-22-23(18)11-13-7-3-2-4-8-13/h2-10H,11H2,1H3/b21-16-. The second-order valence-electron chi connectivity index (χ2n) is 5.83. The van der Waals surface area contributed by atoms with E-state index in [9.17, 15) is 9.59 Å². The van der Waals surface area contributed by atoms with Crippen LogP contribution in [0.2, 0.25) is 0 Å². The Bertz CT molecular complexity index is 1040. The molecular formula is C19H14N4O3. The molecule has 0 bridgehead atoms. The maximum atomic E-state index is 13.0.